The van der Waals surface area contributed by atoms with E-state index in [9.17, 15) is 4.79 Å². The zero-order valence-electron chi connectivity index (χ0n) is 9.22. The van der Waals surface area contributed by atoms with E-state index in [1.807, 2.05) is 4.57 Å². The zero-order chi connectivity index (χ0) is 11.0. The lowest BCUT2D eigenvalue weighted by atomic mass is 10.2. The van der Waals surface area contributed by atoms with Crippen LogP contribution in [0.4, 0.5) is 5.95 Å². The van der Waals surface area contributed by atoms with Gasteiger partial charge in [0.25, 0.3) is 0 Å². The minimum atomic E-state index is 0.0711. The summed E-state index contributed by atoms with van der Waals surface area (Å²) in [4.78, 5) is 11.6. The first-order valence-electron chi connectivity index (χ1n) is 6.02. The first kappa shape index (κ1) is 9.81. The number of anilines is 1. The minimum absolute atomic E-state index is 0.0711. The number of nitrogens with zero attached hydrogens (tertiary/aromatic N) is 3. The molecule has 2 saturated carbocycles. The van der Waals surface area contributed by atoms with E-state index in [0.717, 1.165) is 12.3 Å². The van der Waals surface area contributed by atoms with Crippen molar-refractivity contribution in [3.8, 4) is 0 Å². The molecule has 2 fully saturated rings. The normalized spacial score (nSPS) is 19.8. The van der Waals surface area contributed by atoms with Gasteiger partial charge in [-0.15, -0.1) is 10.2 Å². The third-order valence-corrected chi connectivity index (χ3v) is 3.24. The van der Waals surface area contributed by atoms with Crippen LogP contribution in [-0.2, 0) is 4.79 Å². The largest absolute Gasteiger partial charge is 0.297 e. The van der Waals surface area contributed by atoms with Crippen molar-refractivity contribution < 1.29 is 4.79 Å². The Hall–Kier alpha value is -1.39. The van der Waals surface area contributed by atoms with Crippen molar-refractivity contribution in [1.29, 1.82) is 0 Å². The lowest BCUT2D eigenvalue weighted by Crippen LogP contribution is -2.15. The van der Waals surface area contributed by atoms with Crippen LogP contribution >= 0.6 is 0 Å². The van der Waals surface area contributed by atoms with Crippen molar-refractivity contribution in [2.45, 2.75) is 44.6 Å². The Balaban J connectivity index is 1.55. The zero-order valence-corrected chi connectivity index (χ0v) is 9.22. The van der Waals surface area contributed by atoms with Gasteiger partial charge in [0.1, 0.15) is 6.33 Å². The highest BCUT2D eigenvalue weighted by Crippen LogP contribution is 2.36. The van der Waals surface area contributed by atoms with Crippen LogP contribution in [0.15, 0.2) is 6.33 Å². The first-order chi connectivity index (χ1) is 7.83. The maximum Gasteiger partial charge on any atom is 0.231 e. The van der Waals surface area contributed by atoms with Crippen LogP contribution < -0.4 is 5.32 Å². The second-order valence-corrected chi connectivity index (χ2v) is 4.82. The number of nitrogens with one attached hydrogen (secondary N) is 1. The molecule has 0 atom stereocenters. The standard InChI is InChI=1S/C11H16N4O/c16-10(6-3-8-1-2-8)13-11-14-12-7-15(11)9-4-5-9/h7-9H,1-6H2,(H,13,14,16). The van der Waals surface area contributed by atoms with Crippen molar-refractivity contribution in [2.75, 3.05) is 5.32 Å². The van der Waals surface area contributed by atoms with Gasteiger partial charge < -0.3 is 0 Å². The fourth-order valence-corrected chi connectivity index (χ4v) is 1.88. The molecule has 1 aromatic rings. The SMILES string of the molecule is O=C(CCC1CC1)Nc1nncn1C1CC1. The average molecular weight is 220 g/mol. The second-order valence-electron chi connectivity index (χ2n) is 4.82. The van der Waals surface area contributed by atoms with Crippen LogP contribution in [0.2, 0.25) is 0 Å². The summed E-state index contributed by atoms with van der Waals surface area (Å²) < 4.78 is 1.97. The molecule has 86 valence electrons. The van der Waals surface area contributed by atoms with E-state index < -0.39 is 0 Å². The van der Waals surface area contributed by atoms with E-state index in [1.165, 1.54) is 25.7 Å². The van der Waals surface area contributed by atoms with Gasteiger partial charge >= 0.3 is 0 Å². The Morgan fingerprint density at radius 3 is 2.94 bits per heavy atom. The maximum atomic E-state index is 11.6. The van der Waals surface area contributed by atoms with Crippen LogP contribution in [0, 0.1) is 5.92 Å². The molecule has 2 aliphatic rings. The lowest BCUT2D eigenvalue weighted by molar-refractivity contribution is -0.116. The molecule has 0 aliphatic heterocycles. The van der Waals surface area contributed by atoms with Gasteiger partial charge in [-0.2, -0.15) is 0 Å². The maximum absolute atomic E-state index is 11.6. The third-order valence-electron chi connectivity index (χ3n) is 3.24. The van der Waals surface area contributed by atoms with Gasteiger partial charge in [-0.3, -0.25) is 14.7 Å². The van der Waals surface area contributed by atoms with Crippen LogP contribution in [0.25, 0.3) is 0 Å². The average Bonchev–Trinajstić information content (AvgIpc) is 3.18. The molecule has 0 radical (unpaired) electrons. The number of carbonyl (C=O) groups is 1. The summed E-state index contributed by atoms with van der Waals surface area (Å²) >= 11 is 0. The first-order valence-corrected chi connectivity index (χ1v) is 6.02. The van der Waals surface area contributed by atoms with Gasteiger partial charge in [0, 0.05) is 12.5 Å². The highest BCUT2D eigenvalue weighted by atomic mass is 16.1. The Morgan fingerprint density at radius 1 is 1.44 bits per heavy atom. The molecule has 16 heavy (non-hydrogen) atoms. The number of hydrogen-bond donors (Lipinski definition) is 1. The molecule has 1 aromatic heterocycles. The molecule has 5 nitrogen and oxygen atoms in total. The molecule has 1 heterocycles. The van der Waals surface area contributed by atoms with Gasteiger partial charge in [0.2, 0.25) is 11.9 Å². The van der Waals surface area contributed by atoms with Crippen molar-refractivity contribution in [3.63, 3.8) is 0 Å². The van der Waals surface area contributed by atoms with Gasteiger partial charge in [0.15, 0.2) is 0 Å². The molecule has 5 heteroatoms. The Bertz CT molecular complexity index is 392. The quantitative estimate of drug-likeness (QED) is 0.822. The van der Waals surface area contributed by atoms with Crippen LogP contribution in [0.1, 0.15) is 44.6 Å². The van der Waals surface area contributed by atoms with Crippen LogP contribution in [-0.4, -0.2) is 20.7 Å². The molecule has 1 amide bonds. The highest BCUT2D eigenvalue weighted by Gasteiger charge is 2.27. The Kier molecular flexibility index (Phi) is 2.38. The molecule has 0 aromatic carbocycles. The molecule has 0 saturated heterocycles. The number of amides is 1. The van der Waals surface area contributed by atoms with Gasteiger partial charge in [-0.25, -0.2) is 0 Å². The summed E-state index contributed by atoms with van der Waals surface area (Å²) in [5.74, 6) is 1.48. The van der Waals surface area contributed by atoms with Gasteiger partial charge in [0.05, 0.1) is 0 Å². The van der Waals surface area contributed by atoms with E-state index in [4.69, 9.17) is 0 Å². The Morgan fingerprint density at radius 2 is 2.25 bits per heavy atom. The highest BCUT2D eigenvalue weighted by molar-refractivity contribution is 5.88. The topological polar surface area (TPSA) is 59.8 Å². The third kappa shape index (κ3) is 2.23. The molecular weight excluding hydrogens is 204 g/mol. The lowest BCUT2D eigenvalue weighted by Gasteiger charge is -2.05. The molecule has 0 bridgehead atoms. The number of carbonyl (C=O) groups excluding carboxylic acids is 1. The molecule has 3 rings (SSSR count). The molecule has 1 N–H and O–H groups in total. The second kappa shape index (κ2) is 3.88. The number of aromatic nitrogens is 3. The summed E-state index contributed by atoms with van der Waals surface area (Å²) in [6.07, 6.45) is 8.27. The van der Waals surface area contributed by atoms with Crippen molar-refractivity contribution in [1.82, 2.24) is 14.8 Å². The van der Waals surface area contributed by atoms with E-state index in [2.05, 4.69) is 15.5 Å². The fraction of sp³-hybridized carbons (Fsp3) is 0.727. The summed E-state index contributed by atoms with van der Waals surface area (Å²) in [6, 6.07) is 0.508. The molecule has 0 unspecified atom stereocenters. The van der Waals surface area contributed by atoms with Gasteiger partial charge in [-0.1, -0.05) is 12.8 Å². The van der Waals surface area contributed by atoms with Gasteiger partial charge in [-0.05, 0) is 25.2 Å². The van der Waals surface area contributed by atoms with Crippen molar-refractivity contribution >= 4 is 11.9 Å². The summed E-state index contributed by atoms with van der Waals surface area (Å²) in [5, 5.41) is 10.6. The summed E-state index contributed by atoms with van der Waals surface area (Å²) in [6.45, 7) is 0. The fourth-order valence-electron chi connectivity index (χ4n) is 1.88. The molecular formula is C11H16N4O. The van der Waals surface area contributed by atoms with Crippen LogP contribution in [0.5, 0.6) is 0 Å². The summed E-state index contributed by atoms with van der Waals surface area (Å²) in [5.41, 5.74) is 0. The number of rotatable bonds is 5. The minimum Gasteiger partial charge on any atom is -0.297 e. The number of hydrogen-bond acceptors (Lipinski definition) is 3. The van der Waals surface area contributed by atoms with E-state index in [0.29, 0.717) is 18.4 Å². The monoisotopic (exact) mass is 220 g/mol. The van der Waals surface area contributed by atoms with E-state index in [1.54, 1.807) is 6.33 Å². The van der Waals surface area contributed by atoms with Crippen LogP contribution in [0.3, 0.4) is 0 Å². The molecule has 2 aliphatic carbocycles. The molecule has 0 spiro atoms. The van der Waals surface area contributed by atoms with Crippen molar-refractivity contribution in [2.24, 2.45) is 5.92 Å². The predicted molar refractivity (Wildman–Crippen MR) is 58.9 cm³/mol. The van der Waals surface area contributed by atoms with E-state index in [-0.39, 0.29) is 5.91 Å². The smallest absolute Gasteiger partial charge is 0.231 e. The summed E-state index contributed by atoms with van der Waals surface area (Å²) in [7, 11) is 0. The predicted octanol–water partition coefficient (Wildman–Crippen LogP) is 1.74. The van der Waals surface area contributed by atoms with Crippen molar-refractivity contribution in [3.05, 3.63) is 6.33 Å². The Labute approximate surface area is 94.2 Å². The van der Waals surface area contributed by atoms with E-state index >= 15 is 0 Å².